The first-order chi connectivity index (χ1) is 20.8. The van der Waals surface area contributed by atoms with Gasteiger partial charge in [0.1, 0.15) is 23.5 Å². The standard InChI is InChI=1S/C32H36FN7O3/c1-20-4-3-9-39(16-20)17-21-12-27(32(43)40(18-21)10-11-41)31(42)36-29-14-23(13-28(35-29)22-5-6-22)25-8-7-24(33)15-26(25)30-37-34-19-38(30)2/h7-8,12-15,18-20,22,41H,3-6,9-11,16-17H2,1-2H3,(H,35,36,42)/t20-/m0/s1. The van der Waals surface area contributed by atoms with Gasteiger partial charge in [0.15, 0.2) is 5.82 Å². The van der Waals surface area contributed by atoms with E-state index >= 15 is 0 Å². The van der Waals surface area contributed by atoms with E-state index in [1.807, 2.05) is 6.07 Å². The largest absolute Gasteiger partial charge is 0.395 e. The number of aromatic nitrogens is 5. The Balaban J connectivity index is 1.35. The highest BCUT2D eigenvalue weighted by Gasteiger charge is 2.27. The van der Waals surface area contributed by atoms with Gasteiger partial charge in [0.2, 0.25) is 0 Å². The molecule has 224 valence electrons. The molecule has 0 spiro atoms. The summed E-state index contributed by atoms with van der Waals surface area (Å²) in [5.41, 5.74) is 3.23. The molecule has 1 saturated carbocycles. The van der Waals surface area contributed by atoms with Crippen molar-refractivity contribution < 1.29 is 14.3 Å². The third-order valence-electron chi connectivity index (χ3n) is 8.20. The van der Waals surface area contributed by atoms with Crippen LogP contribution in [0, 0.1) is 11.7 Å². The van der Waals surface area contributed by atoms with Gasteiger partial charge in [-0.1, -0.05) is 13.0 Å². The first-order valence-electron chi connectivity index (χ1n) is 14.8. The number of hydrogen-bond donors (Lipinski definition) is 2. The molecule has 1 amide bonds. The quantitative estimate of drug-likeness (QED) is 0.302. The van der Waals surface area contributed by atoms with E-state index in [-0.39, 0.29) is 24.6 Å². The second-order valence-electron chi connectivity index (χ2n) is 11.8. The summed E-state index contributed by atoms with van der Waals surface area (Å²) in [6.07, 6.45) is 7.59. The molecule has 0 bridgehead atoms. The molecular formula is C32H36FN7O3. The van der Waals surface area contributed by atoms with E-state index in [1.165, 1.54) is 23.1 Å². The topological polar surface area (TPSA) is 118 Å². The van der Waals surface area contributed by atoms with Gasteiger partial charge in [-0.15, -0.1) is 10.2 Å². The predicted molar refractivity (Wildman–Crippen MR) is 161 cm³/mol. The van der Waals surface area contributed by atoms with Crippen molar-refractivity contribution in [3.63, 3.8) is 0 Å². The van der Waals surface area contributed by atoms with Crippen LogP contribution in [0.5, 0.6) is 0 Å². The minimum atomic E-state index is -0.565. The van der Waals surface area contributed by atoms with Crippen molar-refractivity contribution in [3.05, 3.63) is 81.9 Å². The highest BCUT2D eigenvalue weighted by molar-refractivity contribution is 6.04. The normalized spacial score (nSPS) is 17.3. The Hall–Kier alpha value is -4.22. The zero-order chi connectivity index (χ0) is 30.1. The zero-order valence-electron chi connectivity index (χ0n) is 24.5. The summed E-state index contributed by atoms with van der Waals surface area (Å²) < 4.78 is 17.5. The van der Waals surface area contributed by atoms with Gasteiger partial charge in [0.05, 0.1) is 6.61 Å². The van der Waals surface area contributed by atoms with Crippen LogP contribution in [0.3, 0.4) is 0 Å². The number of anilines is 1. The number of piperidine rings is 1. The maximum absolute atomic E-state index is 14.4. The first kappa shape index (κ1) is 28.9. The molecule has 43 heavy (non-hydrogen) atoms. The van der Waals surface area contributed by atoms with E-state index in [9.17, 15) is 19.1 Å². The highest BCUT2D eigenvalue weighted by atomic mass is 19.1. The van der Waals surface area contributed by atoms with Gasteiger partial charge in [-0.05, 0) is 85.2 Å². The molecule has 11 heteroatoms. The number of aliphatic hydroxyl groups excluding tert-OH is 1. The SMILES string of the molecule is C[C@H]1CCCN(Cc2cc(C(=O)Nc3cc(-c4ccc(F)cc4-c4nncn4C)cc(C4CC4)n3)c(=O)n(CCO)c2)C1. The molecule has 2 N–H and O–H groups in total. The van der Waals surface area contributed by atoms with Crippen LogP contribution in [0.15, 0.2) is 53.7 Å². The highest BCUT2D eigenvalue weighted by Crippen LogP contribution is 2.42. The van der Waals surface area contributed by atoms with E-state index in [0.717, 1.165) is 54.7 Å². The van der Waals surface area contributed by atoms with Gasteiger partial charge in [-0.25, -0.2) is 9.37 Å². The van der Waals surface area contributed by atoms with Gasteiger partial charge < -0.3 is 19.6 Å². The number of benzene rings is 1. The molecule has 1 atom stereocenters. The molecule has 6 rings (SSSR count). The lowest BCUT2D eigenvalue weighted by atomic mass is 9.98. The summed E-state index contributed by atoms with van der Waals surface area (Å²) in [6.45, 7) is 4.65. The summed E-state index contributed by atoms with van der Waals surface area (Å²) in [5.74, 6) is 0.713. The van der Waals surface area contributed by atoms with Crippen LogP contribution in [0.1, 0.15) is 60.1 Å². The summed E-state index contributed by atoms with van der Waals surface area (Å²) >= 11 is 0. The molecule has 1 saturated heterocycles. The molecule has 3 aromatic heterocycles. The smallest absolute Gasteiger partial charge is 0.263 e. The van der Waals surface area contributed by atoms with Gasteiger partial charge in [-0.3, -0.25) is 14.5 Å². The molecule has 0 unspecified atom stereocenters. The van der Waals surface area contributed by atoms with E-state index in [1.54, 1.807) is 42.3 Å². The Morgan fingerprint density at radius 2 is 1.98 bits per heavy atom. The summed E-state index contributed by atoms with van der Waals surface area (Å²) in [6, 6.07) is 9.87. The van der Waals surface area contributed by atoms with Crippen molar-refractivity contribution >= 4 is 11.7 Å². The van der Waals surface area contributed by atoms with Crippen LogP contribution >= 0.6 is 0 Å². The Labute approximate surface area is 249 Å². The molecule has 1 aromatic carbocycles. The number of halogens is 1. The van der Waals surface area contributed by atoms with Gasteiger partial charge >= 0.3 is 0 Å². The summed E-state index contributed by atoms with van der Waals surface area (Å²) in [4.78, 5) is 34.0. The molecule has 1 aliphatic carbocycles. The average Bonchev–Trinajstić information content (AvgIpc) is 3.75. The molecule has 4 aromatic rings. The molecule has 0 radical (unpaired) electrons. The lowest BCUT2D eigenvalue weighted by molar-refractivity contribution is 0.102. The number of likely N-dealkylation sites (tertiary alicyclic amines) is 1. The maximum Gasteiger partial charge on any atom is 0.263 e. The van der Waals surface area contributed by atoms with Gasteiger partial charge in [0.25, 0.3) is 11.5 Å². The van der Waals surface area contributed by atoms with Crippen LogP contribution in [-0.2, 0) is 20.1 Å². The number of carbonyl (C=O) groups excluding carboxylic acids is 1. The molecule has 2 fully saturated rings. The minimum absolute atomic E-state index is 0.00209. The summed E-state index contributed by atoms with van der Waals surface area (Å²) in [5, 5.41) is 20.6. The Morgan fingerprint density at radius 1 is 1.14 bits per heavy atom. The minimum Gasteiger partial charge on any atom is -0.395 e. The maximum atomic E-state index is 14.4. The second-order valence-corrected chi connectivity index (χ2v) is 11.8. The lowest BCUT2D eigenvalue weighted by Gasteiger charge is -2.31. The van der Waals surface area contributed by atoms with Crippen molar-refractivity contribution in [3.8, 4) is 22.5 Å². The van der Waals surface area contributed by atoms with Crippen molar-refractivity contribution in [2.24, 2.45) is 13.0 Å². The monoisotopic (exact) mass is 585 g/mol. The van der Waals surface area contributed by atoms with E-state index in [2.05, 4.69) is 27.3 Å². The molecule has 4 heterocycles. The van der Waals surface area contributed by atoms with Crippen LogP contribution in [0.4, 0.5) is 10.2 Å². The second kappa shape index (κ2) is 12.2. The van der Waals surface area contributed by atoms with Crippen molar-refractivity contribution in [2.45, 2.75) is 51.6 Å². The average molecular weight is 586 g/mol. The Morgan fingerprint density at radius 3 is 2.70 bits per heavy atom. The number of carbonyl (C=O) groups is 1. The molecule has 10 nitrogen and oxygen atoms in total. The fraction of sp³-hybridized carbons (Fsp3) is 0.406. The lowest BCUT2D eigenvalue weighted by Crippen LogP contribution is -2.35. The van der Waals surface area contributed by atoms with Crippen molar-refractivity contribution in [1.82, 2.24) is 29.2 Å². The first-order valence-corrected chi connectivity index (χ1v) is 14.8. The van der Waals surface area contributed by atoms with Gasteiger partial charge in [0, 0.05) is 50.1 Å². The number of pyridine rings is 2. The third-order valence-corrected chi connectivity index (χ3v) is 8.20. The number of rotatable bonds is 9. The van der Waals surface area contributed by atoms with Crippen LogP contribution in [0.2, 0.25) is 0 Å². The number of hydrogen-bond acceptors (Lipinski definition) is 7. The molecular weight excluding hydrogens is 549 g/mol. The number of aliphatic hydroxyl groups is 1. The third kappa shape index (κ3) is 6.42. The van der Waals surface area contributed by atoms with Crippen LogP contribution in [-0.4, -0.2) is 59.9 Å². The fourth-order valence-electron chi connectivity index (χ4n) is 5.93. The number of nitrogens with one attached hydrogen (secondary N) is 1. The Bertz CT molecular complexity index is 1710. The van der Waals surface area contributed by atoms with Gasteiger partial charge in [-0.2, -0.15) is 0 Å². The predicted octanol–water partition coefficient (Wildman–Crippen LogP) is 4.20. The fourth-order valence-corrected chi connectivity index (χ4v) is 5.93. The van der Waals surface area contributed by atoms with Crippen molar-refractivity contribution in [2.75, 3.05) is 25.0 Å². The molecule has 2 aliphatic rings. The summed E-state index contributed by atoms with van der Waals surface area (Å²) in [7, 11) is 1.79. The zero-order valence-corrected chi connectivity index (χ0v) is 24.5. The Kier molecular flexibility index (Phi) is 8.18. The van der Waals surface area contributed by atoms with E-state index in [4.69, 9.17) is 4.98 Å². The number of amides is 1. The number of nitrogens with zero attached hydrogens (tertiary/aromatic N) is 6. The van der Waals surface area contributed by atoms with Crippen LogP contribution in [0.25, 0.3) is 22.5 Å². The number of aryl methyl sites for hydroxylation is 1. The van der Waals surface area contributed by atoms with E-state index in [0.29, 0.717) is 29.7 Å². The van der Waals surface area contributed by atoms with E-state index < -0.39 is 17.3 Å². The van der Waals surface area contributed by atoms with Crippen molar-refractivity contribution in [1.29, 1.82) is 0 Å². The van der Waals surface area contributed by atoms with Crippen LogP contribution < -0.4 is 10.9 Å². The molecule has 1 aliphatic heterocycles.